The van der Waals surface area contributed by atoms with Crippen molar-refractivity contribution >= 4 is 11.4 Å². The monoisotopic (exact) mass is 510 g/mol. The van der Waals surface area contributed by atoms with Gasteiger partial charge in [-0.1, -0.05) is 13.3 Å². The molecule has 2 atom stereocenters. The first-order valence-corrected chi connectivity index (χ1v) is 13.7. The van der Waals surface area contributed by atoms with Gasteiger partial charge in [0.25, 0.3) is 5.91 Å². The summed E-state index contributed by atoms with van der Waals surface area (Å²) in [6.07, 6.45) is 7.73. The summed E-state index contributed by atoms with van der Waals surface area (Å²) in [6, 6.07) is 14.5. The van der Waals surface area contributed by atoms with Gasteiger partial charge in [-0.25, -0.2) is 13.9 Å². The summed E-state index contributed by atoms with van der Waals surface area (Å²) in [5.74, 6) is 1.84. The molecule has 1 N–H and O–H groups in total. The van der Waals surface area contributed by atoms with E-state index in [9.17, 15) is 9.18 Å². The molecule has 1 amide bonds. The molecule has 1 aliphatic heterocycles. The van der Waals surface area contributed by atoms with Gasteiger partial charge in [0.2, 0.25) is 0 Å². The number of hydrogen-bond acceptors (Lipinski definition) is 4. The zero-order valence-electron chi connectivity index (χ0n) is 21.5. The van der Waals surface area contributed by atoms with Crippen molar-refractivity contribution in [2.45, 2.75) is 56.8 Å². The third-order valence-electron chi connectivity index (χ3n) is 8.47. The average molecular weight is 511 g/mol. The highest BCUT2D eigenvalue weighted by molar-refractivity contribution is 5.95. The SMILES string of the molecule is CC1COc2c1cc(C(CNC(=O)c1ccn3nc(C4CC4)cc3c1)C1CCC1)nc2-c1ccc(F)cc1. The van der Waals surface area contributed by atoms with Gasteiger partial charge in [-0.2, -0.15) is 5.10 Å². The number of pyridine rings is 2. The Kier molecular flexibility index (Phi) is 5.68. The molecule has 0 spiro atoms. The Balaban J connectivity index is 1.17. The first-order chi connectivity index (χ1) is 18.5. The van der Waals surface area contributed by atoms with Crippen LogP contribution in [0.15, 0.2) is 54.7 Å². The first-order valence-electron chi connectivity index (χ1n) is 13.7. The van der Waals surface area contributed by atoms with E-state index < -0.39 is 0 Å². The Morgan fingerprint density at radius 3 is 2.68 bits per heavy atom. The number of aromatic nitrogens is 3. The Morgan fingerprint density at radius 2 is 1.95 bits per heavy atom. The highest BCUT2D eigenvalue weighted by Gasteiger charge is 2.33. The Morgan fingerprint density at radius 1 is 1.13 bits per heavy atom. The Hall–Kier alpha value is -3.74. The van der Waals surface area contributed by atoms with Crippen molar-refractivity contribution in [1.29, 1.82) is 0 Å². The molecule has 2 saturated carbocycles. The van der Waals surface area contributed by atoms with Gasteiger partial charge in [0.05, 0.1) is 17.8 Å². The molecule has 7 heteroatoms. The molecule has 38 heavy (non-hydrogen) atoms. The van der Waals surface area contributed by atoms with Gasteiger partial charge in [-0.05, 0) is 80.1 Å². The minimum absolute atomic E-state index is 0.0809. The Bertz CT molecular complexity index is 1520. The van der Waals surface area contributed by atoms with Crippen LogP contribution in [0.4, 0.5) is 4.39 Å². The van der Waals surface area contributed by atoms with E-state index in [1.165, 1.54) is 31.4 Å². The average Bonchev–Trinajstić information content (AvgIpc) is 3.56. The van der Waals surface area contributed by atoms with Gasteiger partial charge < -0.3 is 10.1 Å². The topological polar surface area (TPSA) is 68.5 Å². The molecule has 4 heterocycles. The quantitative estimate of drug-likeness (QED) is 0.320. The highest BCUT2D eigenvalue weighted by atomic mass is 19.1. The summed E-state index contributed by atoms with van der Waals surface area (Å²) < 4.78 is 21.5. The van der Waals surface area contributed by atoms with Gasteiger partial charge in [0, 0.05) is 52.9 Å². The van der Waals surface area contributed by atoms with Crippen LogP contribution in [0.3, 0.4) is 0 Å². The summed E-state index contributed by atoms with van der Waals surface area (Å²) in [5, 5.41) is 7.86. The van der Waals surface area contributed by atoms with Crippen molar-refractivity contribution < 1.29 is 13.9 Å². The van der Waals surface area contributed by atoms with Crippen molar-refractivity contribution in [2.75, 3.05) is 13.2 Å². The number of rotatable bonds is 7. The second-order valence-corrected chi connectivity index (χ2v) is 11.2. The lowest BCUT2D eigenvalue weighted by molar-refractivity contribution is 0.0943. The normalized spacial score (nSPS) is 19.6. The number of halogens is 1. The third kappa shape index (κ3) is 4.24. The number of carbonyl (C=O) groups is 1. The number of amides is 1. The van der Waals surface area contributed by atoms with E-state index in [-0.39, 0.29) is 23.6 Å². The fraction of sp³-hybridized carbons (Fsp3) is 0.387. The molecule has 7 rings (SSSR count). The summed E-state index contributed by atoms with van der Waals surface area (Å²) in [6.45, 7) is 3.29. The van der Waals surface area contributed by atoms with Gasteiger partial charge in [-0.15, -0.1) is 0 Å². The summed E-state index contributed by atoms with van der Waals surface area (Å²) in [4.78, 5) is 18.3. The highest BCUT2D eigenvalue weighted by Crippen LogP contribution is 2.45. The molecule has 2 fully saturated rings. The zero-order valence-corrected chi connectivity index (χ0v) is 21.5. The third-order valence-corrected chi connectivity index (χ3v) is 8.47. The van der Waals surface area contributed by atoms with Crippen molar-refractivity contribution in [2.24, 2.45) is 5.92 Å². The van der Waals surface area contributed by atoms with Gasteiger partial charge in [0.15, 0.2) is 0 Å². The lowest BCUT2D eigenvalue weighted by Crippen LogP contribution is -2.34. The minimum atomic E-state index is -0.274. The predicted molar refractivity (Wildman–Crippen MR) is 143 cm³/mol. The second-order valence-electron chi connectivity index (χ2n) is 11.2. The maximum Gasteiger partial charge on any atom is 0.251 e. The van der Waals surface area contributed by atoms with Crippen LogP contribution in [0.1, 0.15) is 84.1 Å². The predicted octanol–water partition coefficient (Wildman–Crippen LogP) is 6.22. The van der Waals surface area contributed by atoms with Crippen LogP contribution in [0.5, 0.6) is 5.75 Å². The first kappa shape index (κ1) is 23.4. The van der Waals surface area contributed by atoms with Crippen molar-refractivity contribution in [3.05, 3.63) is 83.1 Å². The molecule has 1 aromatic carbocycles. The molecule has 6 nitrogen and oxygen atoms in total. The molecule has 2 unspecified atom stereocenters. The number of benzene rings is 1. The van der Waals surface area contributed by atoms with Crippen LogP contribution >= 0.6 is 0 Å². The lowest BCUT2D eigenvalue weighted by Gasteiger charge is -2.34. The van der Waals surface area contributed by atoms with E-state index in [4.69, 9.17) is 9.72 Å². The molecule has 4 aromatic rings. The molecule has 194 valence electrons. The minimum Gasteiger partial charge on any atom is -0.490 e. The molecular weight excluding hydrogens is 479 g/mol. The van der Waals surface area contributed by atoms with E-state index in [2.05, 4.69) is 29.5 Å². The number of nitrogens with zero attached hydrogens (tertiary/aromatic N) is 3. The summed E-state index contributed by atoms with van der Waals surface area (Å²) in [7, 11) is 0. The number of ether oxygens (including phenoxy) is 1. The van der Waals surface area contributed by atoms with E-state index in [0.717, 1.165) is 52.3 Å². The maximum atomic E-state index is 13.7. The summed E-state index contributed by atoms with van der Waals surface area (Å²) >= 11 is 0. The van der Waals surface area contributed by atoms with Gasteiger partial charge >= 0.3 is 0 Å². The number of carbonyl (C=O) groups excluding carboxylic acids is 1. The zero-order chi connectivity index (χ0) is 25.8. The molecule has 3 aromatic heterocycles. The van der Waals surface area contributed by atoms with Gasteiger partial charge in [-0.3, -0.25) is 4.79 Å². The number of fused-ring (bicyclic) bond motifs is 2. The van der Waals surface area contributed by atoms with Crippen molar-refractivity contribution in [3.63, 3.8) is 0 Å². The summed E-state index contributed by atoms with van der Waals surface area (Å²) in [5.41, 5.74) is 6.43. The smallest absolute Gasteiger partial charge is 0.251 e. The number of hydrogen-bond donors (Lipinski definition) is 1. The van der Waals surface area contributed by atoms with Crippen LogP contribution in [0, 0.1) is 11.7 Å². The van der Waals surface area contributed by atoms with Crippen molar-refractivity contribution in [3.8, 4) is 17.0 Å². The molecule has 3 aliphatic rings. The van der Waals surface area contributed by atoms with E-state index in [1.807, 2.05) is 22.8 Å². The fourth-order valence-corrected chi connectivity index (χ4v) is 5.78. The largest absolute Gasteiger partial charge is 0.490 e. The molecule has 2 aliphatic carbocycles. The van der Waals surface area contributed by atoms with Gasteiger partial charge in [0.1, 0.15) is 17.3 Å². The van der Waals surface area contributed by atoms with E-state index >= 15 is 0 Å². The molecule has 0 saturated heterocycles. The standard InChI is InChI=1S/C31H31FN4O2/c1-18-17-38-30-25(18)15-28(34-29(30)21-7-9-23(32)10-8-21)26(19-3-2-4-19)16-33-31(37)22-11-12-36-24(13-22)14-27(35-36)20-5-6-20/h7-15,18-20,26H,2-6,16-17H2,1H3,(H,33,37). The van der Waals surface area contributed by atoms with Crippen LogP contribution in [-0.2, 0) is 0 Å². The number of nitrogens with one attached hydrogen (secondary N) is 1. The maximum absolute atomic E-state index is 13.7. The molecule has 0 bridgehead atoms. The van der Waals surface area contributed by atoms with Crippen LogP contribution in [0.2, 0.25) is 0 Å². The molecular formula is C31H31FN4O2. The van der Waals surface area contributed by atoms with Crippen molar-refractivity contribution in [1.82, 2.24) is 19.9 Å². The van der Waals surface area contributed by atoms with E-state index in [0.29, 0.717) is 30.6 Å². The van der Waals surface area contributed by atoms with E-state index in [1.54, 1.807) is 12.1 Å². The lowest BCUT2D eigenvalue weighted by atomic mass is 9.74. The molecule has 0 radical (unpaired) electrons. The van der Waals surface area contributed by atoms with Crippen LogP contribution < -0.4 is 10.1 Å². The second kappa shape index (κ2) is 9.22. The fourth-order valence-electron chi connectivity index (χ4n) is 5.78. The van der Waals surface area contributed by atoms with Crippen LogP contribution in [-0.4, -0.2) is 33.7 Å². The Labute approximate surface area is 221 Å². The van der Waals surface area contributed by atoms with Crippen LogP contribution in [0.25, 0.3) is 16.8 Å².